The molecule has 1 aliphatic carbocycles. The largest absolute Gasteiger partial charge is 0.504 e. The van der Waals surface area contributed by atoms with Gasteiger partial charge < -0.3 is 15.5 Å². The molecular formula is C13H19NO2. The summed E-state index contributed by atoms with van der Waals surface area (Å²) in [6, 6.07) is 5.64. The van der Waals surface area contributed by atoms with Gasteiger partial charge in [0, 0.05) is 18.2 Å². The Balaban J connectivity index is 1.92. The van der Waals surface area contributed by atoms with Crippen LogP contribution in [-0.4, -0.2) is 16.3 Å². The maximum Gasteiger partial charge on any atom is 0.161 e. The summed E-state index contributed by atoms with van der Waals surface area (Å²) in [4.78, 5) is 0. The van der Waals surface area contributed by atoms with E-state index in [1.165, 1.54) is 25.3 Å². The van der Waals surface area contributed by atoms with E-state index in [9.17, 15) is 10.2 Å². The van der Waals surface area contributed by atoms with Gasteiger partial charge in [-0.1, -0.05) is 19.1 Å². The van der Waals surface area contributed by atoms with Crippen molar-refractivity contribution in [3.8, 4) is 11.5 Å². The third kappa shape index (κ3) is 2.47. The Bertz CT molecular complexity index is 365. The van der Waals surface area contributed by atoms with Crippen LogP contribution in [0.5, 0.6) is 11.5 Å². The van der Waals surface area contributed by atoms with Crippen LogP contribution in [0.3, 0.4) is 0 Å². The first-order valence-corrected chi connectivity index (χ1v) is 5.90. The second kappa shape index (κ2) is 4.74. The number of benzene rings is 1. The van der Waals surface area contributed by atoms with Crippen molar-refractivity contribution < 1.29 is 10.2 Å². The molecule has 2 unspecified atom stereocenters. The van der Waals surface area contributed by atoms with Gasteiger partial charge in [0.05, 0.1) is 0 Å². The van der Waals surface area contributed by atoms with E-state index in [-0.39, 0.29) is 11.5 Å². The monoisotopic (exact) mass is 221 g/mol. The average Bonchev–Trinajstić information content (AvgIpc) is 2.67. The molecule has 1 saturated carbocycles. The van der Waals surface area contributed by atoms with Gasteiger partial charge in [0.2, 0.25) is 0 Å². The number of aromatic hydroxyl groups is 2. The molecule has 1 aromatic rings. The lowest BCUT2D eigenvalue weighted by atomic mass is 10.1. The fraction of sp³-hybridized carbons (Fsp3) is 0.538. The first kappa shape index (κ1) is 11.3. The van der Waals surface area contributed by atoms with Gasteiger partial charge in [-0.3, -0.25) is 0 Å². The Morgan fingerprint density at radius 1 is 1.31 bits per heavy atom. The zero-order valence-corrected chi connectivity index (χ0v) is 9.61. The van der Waals surface area contributed by atoms with Crippen molar-refractivity contribution >= 4 is 0 Å². The van der Waals surface area contributed by atoms with Crippen molar-refractivity contribution in [1.82, 2.24) is 5.32 Å². The molecule has 0 bridgehead atoms. The summed E-state index contributed by atoms with van der Waals surface area (Å²) >= 11 is 0. The van der Waals surface area contributed by atoms with E-state index in [1.807, 2.05) is 6.07 Å². The molecule has 3 N–H and O–H groups in total. The molecule has 0 spiro atoms. The van der Waals surface area contributed by atoms with Crippen molar-refractivity contribution in [1.29, 1.82) is 0 Å². The molecule has 0 heterocycles. The van der Waals surface area contributed by atoms with Crippen LogP contribution in [0.2, 0.25) is 0 Å². The third-order valence-electron chi connectivity index (χ3n) is 3.37. The molecule has 1 fully saturated rings. The minimum atomic E-state index is -0.0425. The Hall–Kier alpha value is -1.22. The highest BCUT2D eigenvalue weighted by atomic mass is 16.3. The van der Waals surface area contributed by atoms with Crippen molar-refractivity contribution in [2.45, 2.75) is 38.8 Å². The molecule has 3 nitrogen and oxygen atoms in total. The van der Waals surface area contributed by atoms with Crippen molar-refractivity contribution in [3.05, 3.63) is 23.8 Å². The van der Waals surface area contributed by atoms with Gasteiger partial charge in [0.1, 0.15) is 0 Å². The van der Waals surface area contributed by atoms with E-state index in [1.54, 1.807) is 6.07 Å². The zero-order chi connectivity index (χ0) is 11.5. The van der Waals surface area contributed by atoms with Crippen LogP contribution in [0.25, 0.3) is 0 Å². The number of phenols is 2. The van der Waals surface area contributed by atoms with E-state index in [0.29, 0.717) is 12.6 Å². The summed E-state index contributed by atoms with van der Waals surface area (Å²) in [6.45, 7) is 2.89. The number of hydrogen-bond donors (Lipinski definition) is 3. The van der Waals surface area contributed by atoms with E-state index in [0.717, 1.165) is 11.5 Å². The first-order valence-electron chi connectivity index (χ1n) is 5.90. The topological polar surface area (TPSA) is 52.5 Å². The lowest BCUT2D eigenvalue weighted by Crippen LogP contribution is -2.25. The molecule has 16 heavy (non-hydrogen) atoms. The Morgan fingerprint density at radius 3 is 2.81 bits per heavy atom. The van der Waals surface area contributed by atoms with Crippen molar-refractivity contribution in [2.24, 2.45) is 5.92 Å². The third-order valence-corrected chi connectivity index (χ3v) is 3.37. The van der Waals surface area contributed by atoms with Gasteiger partial charge in [-0.05, 0) is 31.2 Å². The summed E-state index contributed by atoms with van der Waals surface area (Å²) in [6.07, 6.45) is 3.70. The lowest BCUT2D eigenvalue weighted by molar-refractivity contribution is 0.395. The highest BCUT2D eigenvalue weighted by Gasteiger charge is 2.20. The van der Waals surface area contributed by atoms with E-state index >= 15 is 0 Å². The van der Waals surface area contributed by atoms with E-state index < -0.39 is 0 Å². The Kier molecular flexibility index (Phi) is 3.34. The van der Waals surface area contributed by atoms with E-state index in [4.69, 9.17) is 0 Å². The lowest BCUT2D eigenvalue weighted by Gasteiger charge is -2.13. The fourth-order valence-electron chi connectivity index (χ4n) is 2.37. The molecule has 0 amide bonds. The van der Waals surface area contributed by atoms with Crippen molar-refractivity contribution in [2.75, 3.05) is 0 Å². The van der Waals surface area contributed by atoms with Gasteiger partial charge in [0.15, 0.2) is 11.5 Å². The van der Waals surface area contributed by atoms with Crippen LogP contribution in [-0.2, 0) is 6.54 Å². The molecular weight excluding hydrogens is 202 g/mol. The molecule has 0 radical (unpaired) electrons. The average molecular weight is 221 g/mol. The molecule has 0 saturated heterocycles. The highest BCUT2D eigenvalue weighted by Crippen LogP contribution is 2.29. The summed E-state index contributed by atoms with van der Waals surface area (Å²) in [5, 5.41) is 22.4. The number of phenolic OH excluding ortho intramolecular Hbond substituents is 2. The van der Waals surface area contributed by atoms with Crippen LogP contribution < -0.4 is 5.32 Å². The molecule has 2 atom stereocenters. The molecule has 0 aliphatic heterocycles. The number of rotatable bonds is 3. The van der Waals surface area contributed by atoms with Crippen LogP contribution in [0, 0.1) is 5.92 Å². The van der Waals surface area contributed by atoms with E-state index in [2.05, 4.69) is 12.2 Å². The standard InChI is InChI=1S/C13H19NO2/c1-9-5-6-11(7-9)14-8-10-3-2-4-12(15)13(10)16/h2-4,9,11,14-16H,5-8H2,1H3. The normalized spacial score (nSPS) is 24.8. The first-order chi connectivity index (χ1) is 7.66. The second-order valence-corrected chi connectivity index (χ2v) is 4.78. The van der Waals surface area contributed by atoms with Gasteiger partial charge in [-0.25, -0.2) is 0 Å². The molecule has 2 rings (SSSR count). The molecule has 0 aromatic heterocycles. The summed E-state index contributed by atoms with van der Waals surface area (Å²) < 4.78 is 0. The highest BCUT2D eigenvalue weighted by molar-refractivity contribution is 5.44. The smallest absolute Gasteiger partial charge is 0.161 e. The molecule has 1 aliphatic rings. The van der Waals surface area contributed by atoms with Crippen LogP contribution in [0.4, 0.5) is 0 Å². The van der Waals surface area contributed by atoms with Crippen molar-refractivity contribution in [3.63, 3.8) is 0 Å². The summed E-state index contributed by atoms with van der Waals surface area (Å²) in [5.74, 6) is 0.760. The van der Waals surface area contributed by atoms with Crippen LogP contribution in [0.15, 0.2) is 18.2 Å². The molecule has 88 valence electrons. The van der Waals surface area contributed by atoms with Gasteiger partial charge in [0.25, 0.3) is 0 Å². The summed E-state index contributed by atoms with van der Waals surface area (Å²) in [5.41, 5.74) is 0.763. The fourth-order valence-corrected chi connectivity index (χ4v) is 2.37. The number of hydrogen-bond acceptors (Lipinski definition) is 3. The predicted molar refractivity (Wildman–Crippen MR) is 63.4 cm³/mol. The SMILES string of the molecule is CC1CCC(NCc2cccc(O)c2O)C1. The van der Waals surface area contributed by atoms with Gasteiger partial charge in [-0.15, -0.1) is 0 Å². The Morgan fingerprint density at radius 2 is 2.12 bits per heavy atom. The predicted octanol–water partition coefficient (Wildman–Crippen LogP) is 2.38. The summed E-state index contributed by atoms with van der Waals surface area (Å²) in [7, 11) is 0. The Labute approximate surface area is 96.1 Å². The number of nitrogens with one attached hydrogen (secondary N) is 1. The van der Waals surface area contributed by atoms with Crippen LogP contribution >= 0.6 is 0 Å². The zero-order valence-electron chi connectivity index (χ0n) is 9.61. The maximum atomic E-state index is 9.63. The molecule has 1 aromatic carbocycles. The van der Waals surface area contributed by atoms with Gasteiger partial charge >= 0.3 is 0 Å². The quantitative estimate of drug-likeness (QED) is 0.687. The minimum absolute atomic E-state index is 0.000968. The van der Waals surface area contributed by atoms with Crippen LogP contribution in [0.1, 0.15) is 31.7 Å². The molecule has 3 heteroatoms. The second-order valence-electron chi connectivity index (χ2n) is 4.78. The minimum Gasteiger partial charge on any atom is -0.504 e. The maximum absolute atomic E-state index is 9.63. The van der Waals surface area contributed by atoms with Gasteiger partial charge in [-0.2, -0.15) is 0 Å². The number of para-hydroxylation sites is 1.